The number of rotatable bonds is 5. The fourth-order valence-corrected chi connectivity index (χ4v) is 1.71. The van der Waals surface area contributed by atoms with Gasteiger partial charge in [-0.25, -0.2) is 4.39 Å². The van der Waals surface area contributed by atoms with Crippen molar-refractivity contribution in [3.8, 4) is 0 Å². The third-order valence-corrected chi connectivity index (χ3v) is 2.71. The molecule has 0 aliphatic rings. The fraction of sp³-hybridized carbons (Fsp3) is 0.250. The van der Waals surface area contributed by atoms with Crippen molar-refractivity contribution in [2.75, 3.05) is 11.9 Å². The number of aliphatic hydroxyl groups is 1. The van der Waals surface area contributed by atoms with Crippen molar-refractivity contribution >= 4 is 17.3 Å². The van der Waals surface area contributed by atoms with Crippen molar-refractivity contribution in [2.45, 2.75) is 12.6 Å². The molecule has 1 heterocycles. The first kappa shape index (κ1) is 12.9. The lowest BCUT2D eigenvalue weighted by atomic mass is 10.3. The number of hydrogen-bond acceptors (Lipinski definition) is 3. The Kier molecular flexibility index (Phi) is 4.17. The molecule has 0 amide bonds. The Hall–Kier alpha value is -1.59. The number of nitrogens with one attached hydrogen (secondary N) is 1. The Balaban J connectivity index is 1.85. The Bertz CT molecular complexity index is 504. The Morgan fingerprint density at radius 1 is 1.50 bits per heavy atom. The monoisotopic (exact) mass is 269 g/mol. The molecule has 1 aromatic carbocycles. The molecule has 0 spiro atoms. The van der Waals surface area contributed by atoms with Gasteiger partial charge in [0.15, 0.2) is 0 Å². The second kappa shape index (κ2) is 5.84. The third kappa shape index (κ3) is 3.45. The molecule has 1 atom stereocenters. The first-order valence-electron chi connectivity index (χ1n) is 5.49. The molecule has 2 rings (SSSR count). The maximum absolute atomic E-state index is 12.9. The van der Waals surface area contributed by atoms with Crippen LogP contribution in [0.2, 0.25) is 5.02 Å². The predicted molar refractivity (Wildman–Crippen MR) is 68.1 cm³/mol. The summed E-state index contributed by atoms with van der Waals surface area (Å²) in [7, 11) is 0. The van der Waals surface area contributed by atoms with E-state index in [1.165, 1.54) is 12.1 Å². The summed E-state index contributed by atoms with van der Waals surface area (Å²) in [6.45, 7) is 0.733. The van der Waals surface area contributed by atoms with Gasteiger partial charge in [-0.15, -0.1) is 0 Å². The third-order valence-electron chi connectivity index (χ3n) is 2.42. The summed E-state index contributed by atoms with van der Waals surface area (Å²) in [6.07, 6.45) is 2.84. The molecule has 1 unspecified atom stereocenters. The summed E-state index contributed by atoms with van der Waals surface area (Å²) in [5, 5.41) is 16.8. The zero-order chi connectivity index (χ0) is 13.0. The Morgan fingerprint density at radius 2 is 2.33 bits per heavy atom. The number of hydrogen-bond donors (Lipinski definition) is 2. The van der Waals surface area contributed by atoms with Crippen molar-refractivity contribution in [1.82, 2.24) is 9.78 Å². The van der Waals surface area contributed by atoms with Crippen LogP contribution in [0.25, 0.3) is 0 Å². The lowest BCUT2D eigenvalue weighted by Crippen LogP contribution is -2.25. The largest absolute Gasteiger partial charge is 0.389 e. The molecule has 0 aliphatic heterocycles. The van der Waals surface area contributed by atoms with Crippen molar-refractivity contribution in [1.29, 1.82) is 0 Å². The van der Waals surface area contributed by atoms with Gasteiger partial charge in [-0.3, -0.25) is 4.68 Å². The summed E-state index contributed by atoms with van der Waals surface area (Å²) in [5.74, 6) is -0.459. The minimum atomic E-state index is -0.589. The number of halogens is 2. The molecule has 0 saturated heterocycles. The van der Waals surface area contributed by atoms with E-state index < -0.39 is 11.9 Å². The van der Waals surface area contributed by atoms with Crippen LogP contribution in [-0.2, 0) is 6.54 Å². The van der Waals surface area contributed by atoms with E-state index in [9.17, 15) is 9.50 Å². The van der Waals surface area contributed by atoms with Crippen LogP contribution in [0.3, 0.4) is 0 Å². The van der Waals surface area contributed by atoms with Crippen molar-refractivity contribution in [3.63, 3.8) is 0 Å². The molecule has 0 radical (unpaired) electrons. The molecule has 1 aromatic heterocycles. The number of benzene rings is 1. The highest BCUT2D eigenvalue weighted by Crippen LogP contribution is 2.19. The zero-order valence-corrected chi connectivity index (χ0v) is 10.3. The molecule has 0 fully saturated rings. The van der Waals surface area contributed by atoms with Gasteiger partial charge in [0.05, 0.1) is 17.7 Å². The zero-order valence-electron chi connectivity index (χ0n) is 9.55. The summed E-state index contributed by atoms with van der Waals surface area (Å²) in [5.41, 5.74) is 0.668. The van der Waals surface area contributed by atoms with Crippen LogP contribution >= 0.6 is 11.6 Å². The second-order valence-electron chi connectivity index (χ2n) is 3.89. The minimum Gasteiger partial charge on any atom is -0.389 e. The van der Waals surface area contributed by atoms with E-state index in [2.05, 4.69) is 10.4 Å². The van der Waals surface area contributed by atoms with Gasteiger partial charge in [0.25, 0.3) is 0 Å². The number of aromatic nitrogens is 2. The highest BCUT2D eigenvalue weighted by Gasteiger charge is 2.06. The van der Waals surface area contributed by atoms with E-state index in [1.807, 2.05) is 0 Å². The van der Waals surface area contributed by atoms with Gasteiger partial charge in [-0.2, -0.15) is 5.10 Å². The molecule has 2 N–H and O–H groups in total. The number of nitrogens with zero attached hydrogens (tertiary/aromatic N) is 2. The van der Waals surface area contributed by atoms with E-state index >= 15 is 0 Å². The smallest absolute Gasteiger partial charge is 0.141 e. The van der Waals surface area contributed by atoms with Gasteiger partial charge in [-0.1, -0.05) is 11.6 Å². The van der Waals surface area contributed by atoms with Gasteiger partial charge in [-0.05, 0) is 24.3 Å². The van der Waals surface area contributed by atoms with Gasteiger partial charge in [0.2, 0.25) is 0 Å². The van der Waals surface area contributed by atoms with Gasteiger partial charge < -0.3 is 10.4 Å². The van der Waals surface area contributed by atoms with Gasteiger partial charge in [0, 0.05) is 24.6 Å². The summed E-state index contributed by atoms with van der Waals surface area (Å²) < 4.78 is 14.6. The number of aliphatic hydroxyl groups excluding tert-OH is 1. The number of anilines is 1. The molecule has 0 saturated carbocycles. The van der Waals surface area contributed by atoms with Crippen LogP contribution in [0.5, 0.6) is 0 Å². The lowest BCUT2D eigenvalue weighted by molar-refractivity contribution is 0.161. The molecule has 18 heavy (non-hydrogen) atoms. The van der Waals surface area contributed by atoms with Crippen molar-refractivity contribution in [2.24, 2.45) is 0 Å². The van der Waals surface area contributed by atoms with E-state index in [0.29, 0.717) is 18.8 Å². The van der Waals surface area contributed by atoms with E-state index in [4.69, 9.17) is 11.6 Å². The molecule has 4 nitrogen and oxygen atoms in total. The molecule has 2 aromatic rings. The highest BCUT2D eigenvalue weighted by molar-refractivity contribution is 6.31. The van der Waals surface area contributed by atoms with Crippen molar-refractivity contribution < 1.29 is 9.50 Å². The van der Waals surface area contributed by atoms with Crippen LogP contribution < -0.4 is 5.32 Å². The average molecular weight is 270 g/mol. The van der Waals surface area contributed by atoms with Gasteiger partial charge >= 0.3 is 0 Å². The SMILES string of the molecule is OC(CNc1ccc(F)c(Cl)c1)Cn1cccn1. The minimum absolute atomic E-state index is 0.0570. The van der Waals surface area contributed by atoms with Crippen LogP contribution in [0.15, 0.2) is 36.7 Å². The molecular weight excluding hydrogens is 257 g/mol. The summed E-state index contributed by atoms with van der Waals surface area (Å²) >= 11 is 5.65. The Labute approximate surface area is 109 Å². The predicted octanol–water partition coefficient (Wildman–Crippen LogP) is 2.15. The second-order valence-corrected chi connectivity index (χ2v) is 4.30. The summed E-state index contributed by atoms with van der Waals surface area (Å²) in [4.78, 5) is 0. The van der Waals surface area contributed by atoms with Crippen LogP contribution in [-0.4, -0.2) is 27.5 Å². The van der Waals surface area contributed by atoms with E-state index in [1.54, 1.807) is 29.2 Å². The molecule has 0 aliphatic carbocycles. The molecule has 6 heteroatoms. The maximum Gasteiger partial charge on any atom is 0.141 e. The van der Waals surface area contributed by atoms with Gasteiger partial charge in [0.1, 0.15) is 5.82 Å². The van der Waals surface area contributed by atoms with Crippen LogP contribution in [0.4, 0.5) is 10.1 Å². The van der Waals surface area contributed by atoms with Crippen molar-refractivity contribution in [3.05, 3.63) is 47.5 Å². The fourth-order valence-electron chi connectivity index (χ4n) is 1.53. The highest BCUT2D eigenvalue weighted by atomic mass is 35.5. The molecule has 96 valence electrons. The van der Waals surface area contributed by atoms with Crippen LogP contribution in [0, 0.1) is 5.82 Å². The topological polar surface area (TPSA) is 50.1 Å². The van der Waals surface area contributed by atoms with Crippen LogP contribution in [0.1, 0.15) is 0 Å². The molecule has 0 bridgehead atoms. The summed E-state index contributed by atoms with van der Waals surface area (Å²) in [6, 6.07) is 6.13. The maximum atomic E-state index is 12.9. The lowest BCUT2D eigenvalue weighted by Gasteiger charge is -2.13. The van der Waals surface area contributed by atoms with E-state index in [0.717, 1.165) is 0 Å². The standard InChI is InChI=1S/C12H13ClFN3O/c13-11-6-9(2-3-12(11)14)15-7-10(18)8-17-5-1-4-16-17/h1-6,10,15,18H,7-8H2. The van der Waals surface area contributed by atoms with E-state index in [-0.39, 0.29) is 5.02 Å². The first-order chi connectivity index (χ1) is 8.65. The normalized spacial score (nSPS) is 12.4. The first-order valence-corrected chi connectivity index (χ1v) is 5.87. The quantitative estimate of drug-likeness (QED) is 0.874. The Morgan fingerprint density at radius 3 is 3.00 bits per heavy atom. The average Bonchev–Trinajstić information content (AvgIpc) is 2.83. The molecular formula is C12H13ClFN3O.